The molecule has 1 aliphatic rings. The molecule has 1 heterocycles. The van der Waals surface area contributed by atoms with Gasteiger partial charge in [-0.2, -0.15) is 5.48 Å². The molecule has 0 spiro atoms. The molecule has 53 valence electrons. The number of amides is 1. The summed E-state index contributed by atoms with van der Waals surface area (Å²) in [6, 6.07) is 0. The minimum absolute atomic E-state index is 0.0440. The summed E-state index contributed by atoms with van der Waals surface area (Å²) in [7, 11) is 0. The number of rotatable bonds is 1. The van der Waals surface area contributed by atoms with Crippen LogP contribution in [-0.2, 0) is 14.4 Å². The second kappa shape index (κ2) is 2.51. The Kier molecular flexibility index (Phi) is 1.71. The summed E-state index contributed by atoms with van der Waals surface area (Å²) in [5.41, 5.74) is 1.97. The fourth-order valence-electron chi connectivity index (χ4n) is 0.606. The van der Waals surface area contributed by atoms with Gasteiger partial charge in [-0.25, -0.2) is 4.79 Å². The molecule has 1 saturated heterocycles. The van der Waals surface area contributed by atoms with E-state index >= 15 is 0 Å². The minimum atomic E-state index is -0.622. The van der Waals surface area contributed by atoms with Crippen molar-refractivity contribution in [2.24, 2.45) is 0 Å². The zero-order valence-corrected chi connectivity index (χ0v) is 5.38. The maximum Gasteiger partial charge on any atom is 0.368 e. The summed E-state index contributed by atoms with van der Waals surface area (Å²) >= 11 is 0. The number of nitrogens with one attached hydrogen (secondary N) is 1. The van der Waals surface area contributed by atoms with Crippen molar-refractivity contribution in [3.63, 3.8) is 0 Å². The Morgan fingerprint density at radius 1 is 1.50 bits per heavy atom. The first-order valence-corrected chi connectivity index (χ1v) is 2.77. The van der Waals surface area contributed by atoms with Crippen molar-refractivity contribution in [2.45, 2.75) is 6.92 Å². The van der Waals surface area contributed by atoms with Gasteiger partial charge in [0.2, 0.25) is 0 Å². The summed E-state index contributed by atoms with van der Waals surface area (Å²) in [5.74, 6) is -1.11. The Morgan fingerprint density at radius 3 is 2.60 bits per heavy atom. The van der Waals surface area contributed by atoms with Crippen molar-refractivity contribution in [3.05, 3.63) is 18.1 Å². The number of hydrogen-bond donors (Lipinski definition) is 1. The lowest BCUT2D eigenvalue weighted by molar-refractivity contribution is -0.143. The molecular formula is C6H6NO3. The predicted octanol–water partition coefficient (Wildman–Crippen LogP) is -0.275. The zero-order chi connectivity index (χ0) is 7.56. The number of carbonyl (C=O) groups excluding carboxylic acids is 2. The van der Waals surface area contributed by atoms with Gasteiger partial charge < -0.3 is 4.84 Å². The number of hydrogen-bond acceptors (Lipinski definition) is 3. The highest BCUT2D eigenvalue weighted by atomic mass is 16.7. The Labute approximate surface area is 57.8 Å². The van der Waals surface area contributed by atoms with Crippen LogP contribution < -0.4 is 5.48 Å². The van der Waals surface area contributed by atoms with Gasteiger partial charge in [0, 0.05) is 0 Å². The maximum atomic E-state index is 10.6. The fraction of sp³-hybridized carbons (Fsp3) is 0.167. The highest BCUT2D eigenvalue weighted by molar-refractivity contribution is 6.19. The summed E-state index contributed by atoms with van der Waals surface area (Å²) in [6.07, 6.45) is 3.01. The van der Waals surface area contributed by atoms with Gasteiger partial charge in [0.15, 0.2) is 0 Å². The lowest BCUT2D eigenvalue weighted by atomic mass is 10.2. The summed E-state index contributed by atoms with van der Waals surface area (Å²) in [4.78, 5) is 25.4. The Bertz CT molecular complexity index is 189. The molecular weight excluding hydrogens is 134 g/mol. The van der Waals surface area contributed by atoms with Crippen molar-refractivity contribution in [1.29, 1.82) is 0 Å². The van der Waals surface area contributed by atoms with Gasteiger partial charge in [-0.3, -0.25) is 4.79 Å². The second-order valence-corrected chi connectivity index (χ2v) is 1.73. The van der Waals surface area contributed by atoms with Gasteiger partial charge in [-0.05, 0) is 6.42 Å². The molecule has 0 aliphatic carbocycles. The van der Waals surface area contributed by atoms with Crippen LogP contribution in [0, 0.1) is 6.42 Å². The van der Waals surface area contributed by atoms with E-state index < -0.39 is 11.9 Å². The zero-order valence-electron chi connectivity index (χ0n) is 5.38. The molecule has 4 nitrogen and oxygen atoms in total. The predicted molar refractivity (Wildman–Crippen MR) is 32.3 cm³/mol. The van der Waals surface area contributed by atoms with Gasteiger partial charge in [-0.15, -0.1) is 0 Å². The summed E-state index contributed by atoms with van der Waals surface area (Å²) in [5, 5.41) is 0. The normalized spacial score (nSPS) is 21.1. The number of hydroxylamine groups is 1. The van der Waals surface area contributed by atoms with Crippen LogP contribution in [0.5, 0.6) is 0 Å². The lowest BCUT2D eigenvalue weighted by Gasteiger charge is -1.81. The second-order valence-electron chi connectivity index (χ2n) is 1.73. The van der Waals surface area contributed by atoms with Gasteiger partial charge in [0.05, 0.1) is 0 Å². The standard InChI is InChI=1S/C6H6NO3/c1-2-3-4-5(8)7-10-6(4)9/h2-3H,1H3,(H,7,8). The van der Waals surface area contributed by atoms with Gasteiger partial charge in [0.25, 0.3) is 5.91 Å². The van der Waals surface area contributed by atoms with E-state index in [1.807, 2.05) is 5.48 Å². The minimum Gasteiger partial charge on any atom is -0.335 e. The quantitative estimate of drug-likeness (QED) is 0.402. The largest absolute Gasteiger partial charge is 0.368 e. The van der Waals surface area contributed by atoms with Crippen molar-refractivity contribution < 1.29 is 14.4 Å². The average Bonchev–Trinajstić information content (AvgIpc) is 2.20. The summed E-state index contributed by atoms with van der Waals surface area (Å²) < 4.78 is 0. The molecule has 1 fully saturated rings. The third-order valence-corrected chi connectivity index (χ3v) is 1.03. The molecule has 0 bridgehead atoms. The molecule has 0 saturated carbocycles. The van der Waals surface area contributed by atoms with Crippen LogP contribution in [0.25, 0.3) is 0 Å². The van der Waals surface area contributed by atoms with Gasteiger partial charge >= 0.3 is 5.97 Å². The highest BCUT2D eigenvalue weighted by Gasteiger charge is 2.27. The first-order valence-electron chi connectivity index (χ1n) is 2.77. The molecule has 1 amide bonds. The van der Waals surface area contributed by atoms with Crippen molar-refractivity contribution >= 4 is 11.9 Å². The van der Waals surface area contributed by atoms with E-state index in [0.29, 0.717) is 0 Å². The van der Waals surface area contributed by atoms with Crippen LogP contribution >= 0.6 is 0 Å². The Morgan fingerprint density at radius 2 is 2.20 bits per heavy atom. The van der Waals surface area contributed by atoms with E-state index in [0.717, 1.165) is 0 Å². The van der Waals surface area contributed by atoms with Crippen LogP contribution in [0.2, 0.25) is 0 Å². The van der Waals surface area contributed by atoms with E-state index in [1.165, 1.54) is 6.08 Å². The van der Waals surface area contributed by atoms with Crippen molar-refractivity contribution in [2.75, 3.05) is 0 Å². The molecule has 0 unspecified atom stereocenters. The van der Waals surface area contributed by atoms with Crippen LogP contribution in [0.3, 0.4) is 0 Å². The van der Waals surface area contributed by atoms with E-state index in [4.69, 9.17) is 0 Å². The highest BCUT2D eigenvalue weighted by Crippen LogP contribution is 2.04. The molecule has 0 aromatic rings. The lowest BCUT2D eigenvalue weighted by Crippen LogP contribution is -2.12. The smallest absolute Gasteiger partial charge is 0.335 e. The van der Waals surface area contributed by atoms with E-state index in [-0.39, 0.29) is 5.57 Å². The first-order chi connectivity index (χ1) is 4.75. The molecule has 1 rings (SSSR count). The van der Waals surface area contributed by atoms with Crippen molar-refractivity contribution in [3.8, 4) is 0 Å². The fourth-order valence-corrected chi connectivity index (χ4v) is 0.606. The molecule has 0 aromatic heterocycles. The Hall–Kier alpha value is -1.32. The topological polar surface area (TPSA) is 55.4 Å². The molecule has 1 N–H and O–H groups in total. The SMILES string of the molecule is C[CH]C=C1C(=O)NOC1=O. The molecule has 4 heteroatoms. The van der Waals surface area contributed by atoms with Crippen LogP contribution in [-0.4, -0.2) is 11.9 Å². The number of carbonyl (C=O) groups is 2. The van der Waals surface area contributed by atoms with E-state index in [2.05, 4.69) is 4.84 Å². The first kappa shape index (κ1) is 6.80. The third-order valence-electron chi connectivity index (χ3n) is 1.03. The van der Waals surface area contributed by atoms with Gasteiger partial charge in [-0.1, -0.05) is 13.0 Å². The average molecular weight is 140 g/mol. The van der Waals surface area contributed by atoms with Gasteiger partial charge in [0.1, 0.15) is 5.57 Å². The summed E-state index contributed by atoms with van der Waals surface area (Å²) in [6.45, 7) is 1.71. The molecule has 0 aromatic carbocycles. The monoisotopic (exact) mass is 140 g/mol. The maximum absolute atomic E-state index is 10.6. The molecule has 0 atom stereocenters. The molecule has 10 heavy (non-hydrogen) atoms. The number of allylic oxidation sites excluding steroid dienone is 1. The van der Waals surface area contributed by atoms with Crippen LogP contribution in [0.15, 0.2) is 11.6 Å². The van der Waals surface area contributed by atoms with E-state index in [9.17, 15) is 9.59 Å². The van der Waals surface area contributed by atoms with Crippen molar-refractivity contribution in [1.82, 2.24) is 5.48 Å². The third kappa shape index (κ3) is 1.00. The van der Waals surface area contributed by atoms with E-state index in [1.54, 1.807) is 13.3 Å². The molecule has 1 aliphatic heterocycles. The van der Waals surface area contributed by atoms with Crippen LogP contribution in [0.1, 0.15) is 6.92 Å². The van der Waals surface area contributed by atoms with Crippen LogP contribution in [0.4, 0.5) is 0 Å². The molecule has 1 radical (unpaired) electrons. The Balaban J connectivity index is 2.82.